The van der Waals surface area contributed by atoms with Crippen LogP contribution in [0.4, 0.5) is 0 Å². The van der Waals surface area contributed by atoms with E-state index in [1.165, 1.54) is 0 Å². The van der Waals surface area contributed by atoms with Crippen molar-refractivity contribution in [2.24, 2.45) is 0 Å². The van der Waals surface area contributed by atoms with Crippen LogP contribution in [0.1, 0.15) is 23.6 Å². The number of aliphatic carboxylic acids is 1. The second-order valence-corrected chi connectivity index (χ2v) is 5.62. The van der Waals surface area contributed by atoms with Crippen molar-refractivity contribution in [1.29, 1.82) is 0 Å². The molecule has 0 bridgehead atoms. The molecule has 1 saturated heterocycles. The van der Waals surface area contributed by atoms with E-state index in [9.17, 15) is 9.59 Å². The molecule has 21 heavy (non-hydrogen) atoms. The van der Waals surface area contributed by atoms with Gasteiger partial charge >= 0.3 is 5.97 Å². The second-order valence-electron chi connectivity index (χ2n) is 5.62. The third-order valence-corrected chi connectivity index (χ3v) is 3.86. The highest BCUT2D eigenvalue weighted by molar-refractivity contribution is 5.81. The number of morpholine rings is 1. The molecule has 1 amide bonds. The molecule has 0 aliphatic carbocycles. The van der Waals surface area contributed by atoms with E-state index < -0.39 is 12.1 Å². The van der Waals surface area contributed by atoms with Gasteiger partial charge in [-0.3, -0.25) is 4.79 Å². The Hall–Kier alpha value is -1.88. The van der Waals surface area contributed by atoms with Gasteiger partial charge in [-0.25, -0.2) is 4.79 Å². The third-order valence-electron chi connectivity index (χ3n) is 3.86. The van der Waals surface area contributed by atoms with Crippen molar-refractivity contribution in [1.82, 2.24) is 4.90 Å². The highest BCUT2D eigenvalue weighted by atomic mass is 16.5. The maximum atomic E-state index is 12.5. The molecule has 0 aromatic heterocycles. The van der Waals surface area contributed by atoms with Crippen LogP contribution in [0.3, 0.4) is 0 Å². The molecular formula is C16H21NO4. The van der Waals surface area contributed by atoms with Crippen molar-refractivity contribution in [3.63, 3.8) is 0 Å². The summed E-state index contributed by atoms with van der Waals surface area (Å²) in [7, 11) is 0. The van der Waals surface area contributed by atoms with E-state index in [0.717, 1.165) is 16.7 Å². The maximum Gasteiger partial charge on any atom is 0.334 e. The molecule has 1 aromatic carbocycles. The first-order valence-electron chi connectivity index (χ1n) is 7.09. The topological polar surface area (TPSA) is 66.8 Å². The number of benzene rings is 1. The van der Waals surface area contributed by atoms with E-state index in [1.54, 1.807) is 11.8 Å². The Morgan fingerprint density at radius 3 is 2.48 bits per heavy atom. The number of nitrogens with zero attached hydrogens (tertiary/aromatic N) is 1. The predicted octanol–water partition coefficient (Wildman–Crippen LogP) is 1.55. The lowest BCUT2D eigenvalue weighted by Gasteiger charge is -2.35. The Morgan fingerprint density at radius 2 is 1.90 bits per heavy atom. The Morgan fingerprint density at radius 1 is 1.29 bits per heavy atom. The first-order chi connectivity index (χ1) is 9.88. The van der Waals surface area contributed by atoms with E-state index >= 15 is 0 Å². The summed E-state index contributed by atoms with van der Waals surface area (Å²) in [6.45, 7) is 6.31. The number of ether oxygens (including phenoxy) is 1. The number of aryl methyl sites for hydroxylation is 2. The monoisotopic (exact) mass is 291 g/mol. The van der Waals surface area contributed by atoms with Crippen LogP contribution in [-0.4, -0.2) is 47.2 Å². The van der Waals surface area contributed by atoms with Crippen LogP contribution in [0, 0.1) is 13.8 Å². The Labute approximate surface area is 124 Å². The van der Waals surface area contributed by atoms with Crippen LogP contribution < -0.4 is 0 Å². The first kappa shape index (κ1) is 15.5. The van der Waals surface area contributed by atoms with Crippen LogP contribution in [0.25, 0.3) is 0 Å². The van der Waals surface area contributed by atoms with E-state index in [-0.39, 0.29) is 18.6 Å². The number of carbonyl (C=O) groups is 2. The fourth-order valence-electron chi connectivity index (χ4n) is 2.68. The molecule has 1 heterocycles. The number of rotatable bonds is 3. The Kier molecular flexibility index (Phi) is 4.63. The Balaban J connectivity index is 2.11. The fraction of sp³-hybridized carbons (Fsp3) is 0.500. The molecule has 5 nitrogen and oxygen atoms in total. The van der Waals surface area contributed by atoms with Gasteiger partial charge in [0.1, 0.15) is 0 Å². The van der Waals surface area contributed by atoms with Crippen molar-refractivity contribution in [3.05, 3.63) is 34.9 Å². The van der Waals surface area contributed by atoms with Gasteiger partial charge in [0, 0.05) is 6.54 Å². The summed E-state index contributed by atoms with van der Waals surface area (Å²) in [4.78, 5) is 25.1. The lowest BCUT2D eigenvalue weighted by Crippen LogP contribution is -2.52. The van der Waals surface area contributed by atoms with E-state index in [0.29, 0.717) is 13.0 Å². The highest BCUT2D eigenvalue weighted by Gasteiger charge is 2.32. The number of carboxylic acids is 1. The molecule has 1 aliphatic heterocycles. The molecule has 0 radical (unpaired) electrons. The molecule has 5 heteroatoms. The molecule has 2 rings (SSSR count). The van der Waals surface area contributed by atoms with Crippen molar-refractivity contribution >= 4 is 11.9 Å². The largest absolute Gasteiger partial charge is 0.479 e. The van der Waals surface area contributed by atoms with E-state index in [1.807, 2.05) is 32.0 Å². The number of carbonyl (C=O) groups excluding carboxylic acids is 1. The molecule has 1 N–H and O–H groups in total. The van der Waals surface area contributed by atoms with Crippen LogP contribution in [0.2, 0.25) is 0 Å². The lowest BCUT2D eigenvalue weighted by atomic mass is 9.99. The van der Waals surface area contributed by atoms with Crippen LogP contribution >= 0.6 is 0 Å². The Bertz CT molecular complexity index is 535. The number of amides is 1. The number of carboxylic acid groups (broad SMARTS) is 1. The van der Waals surface area contributed by atoms with Crippen molar-refractivity contribution in [3.8, 4) is 0 Å². The fourth-order valence-corrected chi connectivity index (χ4v) is 2.68. The SMILES string of the molecule is Cc1cccc(C)c1CC(=O)N1CC(C(=O)O)O[C@H](C)C1. The normalized spacial score (nSPS) is 22.1. The summed E-state index contributed by atoms with van der Waals surface area (Å²) in [5.74, 6) is -1.07. The summed E-state index contributed by atoms with van der Waals surface area (Å²) in [5.41, 5.74) is 3.19. The van der Waals surface area contributed by atoms with Gasteiger partial charge in [-0.15, -0.1) is 0 Å². The van der Waals surface area contributed by atoms with Crippen LogP contribution in [0.15, 0.2) is 18.2 Å². The van der Waals surface area contributed by atoms with Crippen molar-refractivity contribution in [2.45, 2.75) is 39.4 Å². The molecular weight excluding hydrogens is 270 g/mol. The summed E-state index contributed by atoms with van der Waals surface area (Å²) >= 11 is 0. The van der Waals surface area contributed by atoms with Crippen molar-refractivity contribution in [2.75, 3.05) is 13.1 Å². The molecule has 0 spiro atoms. The predicted molar refractivity (Wildman–Crippen MR) is 78.2 cm³/mol. The van der Waals surface area contributed by atoms with Gasteiger partial charge in [0.25, 0.3) is 0 Å². The first-order valence-corrected chi connectivity index (χ1v) is 7.09. The van der Waals surface area contributed by atoms with Gasteiger partial charge in [0.2, 0.25) is 5.91 Å². The zero-order valence-corrected chi connectivity index (χ0v) is 12.6. The molecule has 1 aromatic rings. The minimum absolute atomic E-state index is 0.0474. The van der Waals surface area contributed by atoms with Gasteiger partial charge in [0.15, 0.2) is 6.10 Å². The summed E-state index contributed by atoms with van der Waals surface area (Å²) in [5, 5.41) is 9.07. The van der Waals surface area contributed by atoms with E-state index in [4.69, 9.17) is 9.84 Å². The van der Waals surface area contributed by atoms with Crippen LogP contribution in [0.5, 0.6) is 0 Å². The van der Waals surface area contributed by atoms with Gasteiger partial charge in [-0.2, -0.15) is 0 Å². The molecule has 114 valence electrons. The molecule has 1 aliphatic rings. The minimum atomic E-state index is -1.02. The standard InChI is InChI=1S/C16H21NO4/c1-10-5-4-6-11(2)13(10)7-15(18)17-8-12(3)21-14(9-17)16(19)20/h4-6,12,14H,7-9H2,1-3H3,(H,19,20)/t12-,14?/m1/s1. The average Bonchev–Trinajstić information content (AvgIpc) is 2.42. The zero-order chi connectivity index (χ0) is 15.6. The molecule has 1 fully saturated rings. The highest BCUT2D eigenvalue weighted by Crippen LogP contribution is 2.17. The molecule has 0 saturated carbocycles. The van der Waals surface area contributed by atoms with Gasteiger partial charge < -0.3 is 14.7 Å². The van der Waals surface area contributed by atoms with Gasteiger partial charge in [0.05, 0.1) is 19.1 Å². The number of hydrogen-bond donors (Lipinski definition) is 1. The average molecular weight is 291 g/mol. The summed E-state index contributed by atoms with van der Waals surface area (Å²) in [6, 6.07) is 5.94. The lowest BCUT2D eigenvalue weighted by molar-refractivity contribution is -0.166. The minimum Gasteiger partial charge on any atom is -0.479 e. The van der Waals surface area contributed by atoms with E-state index in [2.05, 4.69) is 0 Å². The molecule has 2 atom stereocenters. The quantitative estimate of drug-likeness (QED) is 0.917. The summed E-state index contributed by atoms with van der Waals surface area (Å²) in [6.07, 6.45) is -0.894. The second kappa shape index (κ2) is 6.26. The number of hydrogen-bond acceptors (Lipinski definition) is 3. The smallest absolute Gasteiger partial charge is 0.334 e. The third kappa shape index (κ3) is 3.61. The van der Waals surface area contributed by atoms with Gasteiger partial charge in [-0.05, 0) is 37.5 Å². The van der Waals surface area contributed by atoms with Crippen LogP contribution in [-0.2, 0) is 20.7 Å². The van der Waals surface area contributed by atoms with Gasteiger partial charge in [-0.1, -0.05) is 18.2 Å². The summed E-state index contributed by atoms with van der Waals surface area (Å²) < 4.78 is 5.33. The maximum absolute atomic E-state index is 12.5. The van der Waals surface area contributed by atoms with Crippen molar-refractivity contribution < 1.29 is 19.4 Å². The zero-order valence-electron chi connectivity index (χ0n) is 12.6. The molecule has 1 unspecified atom stereocenters.